The van der Waals surface area contributed by atoms with E-state index in [0.29, 0.717) is 12.5 Å². The Labute approximate surface area is 115 Å². The molecule has 0 aromatic rings. The van der Waals surface area contributed by atoms with Crippen LogP contribution >= 0.6 is 11.8 Å². The van der Waals surface area contributed by atoms with Crippen LogP contribution in [0.1, 0.15) is 46.5 Å². The predicted octanol–water partition coefficient (Wildman–Crippen LogP) is 2.86. The second-order valence-electron chi connectivity index (χ2n) is 5.66. The van der Waals surface area contributed by atoms with Gasteiger partial charge in [-0.1, -0.05) is 13.8 Å². The van der Waals surface area contributed by atoms with E-state index in [9.17, 15) is 9.90 Å². The molecule has 0 amide bonds. The molecule has 0 aromatic heterocycles. The van der Waals surface area contributed by atoms with Crippen LogP contribution in [0.5, 0.6) is 0 Å². The maximum Gasteiger partial charge on any atom is 0.308 e. The van der Waals surface area contributed by atoms with E-state index in [-0.39, 0.29) is 11.9 Å². The fraction of sp³-hybridized carbons (Fsp3) is 0.929. The Kier molecular flexibility index (Phi) is 6.50. The number of aliphatic hydroxyl groups is 1. The smallest absolute Gasteiger partial charge is 0.308 e. The van der Waals surface area contributed by atoms with Gasteiger partial charge in [0.05, 0.1) is 18.1 Å². The van der Waals surface area contributed by atoms with Crippen molar-refractivity contribution in [1.29, 1.82) is 0 Å². The zero-order valence-electron chi connectivity index (χ0n) is 11.8. The summed E-state index contributed by atoms with van der Waals surface area (Å²) in [7, 11) is 0. The Hall–Kier alpha value is -0.220. The molecule has 0 aromatic carbocycles. The highest BCUT2D eigenvalue weighted by atomic mass is 32.2. The first-order chi connectivity index (χ1) is 8.47. The van der Waals surface area contributed by atoms with Crippen molar-refractivity contribution in [3.63, 3.8) is 0 Å². The summed E-state index contributed by atoms with van der Waals surface area (Å²) >= 11 is 1.82. The number of thioether (sulfide) groups is 1. The average molecular weight is 274 g/mol. The maximum atomic E-state index is 11.6. The molecule has 0 radical (unpaired) electrons. The Bertz CT molecular complexity index is 258. The van der Waals surface area contributed by atoms with Crippen molar-refractivity contribution in [2.75, 3.05) is 18.1 Å². The number of carbonyl (C=O) groups is 1. The Morgan fingerprint density at radius 3 is 2.56 bits per heavy atom. The molecule has 1 aliphatic rings. The SMILES string of the molecule is CCOC(=O)C1CCC(O)(CSCC(C)C)CC1. The molecular formula is C14H26O3S. The number of hydrogen-bond acceptors (Lipinski definition) is 4. The summed E-state index contributed by atoms with van der Waals surface area (Å²) in [5.74, 6) is 2.45. The molecule has 1 aliphatic carbocycles. The first-order valence-corrected chi connectivity index (χ1v) is 8.09. The lowest BCUT2D eigenvalue weighted by Gasteiger charge is -2.35. The largest absolute Gasteiger partial charge is 0.466 e. The molecule has 0 unspecified atom stereocenters. The van der Waals surface area contributed by atoms with E-state index in [4.69, 9.17) is 4.74 Å². The van der Waals surface area contributed by atoms with Crippen molar-refractivity contribution < 1.29 is 14.6 Å². The Balaban J connectivity index is 2.30. The van der Waals surface area contributed by atoms with Crippen LogP contribution in [-0.4, -0.2) is 34.8 Å². The van der Waals surface area contributed by atoms with E-state index in [1.165, 1.54) is 0 Å². The summed E-state index contributed by atoms with van der Waals surface area (Å²) in [5, 5.41) is 10.4. The third-order valence-corrected chi connectivity index (χ3v) is 5.00. The van der Waals surface area contributed by atoms with Crippen LogP contribution in [0, 0.1) is 11.8 Å². The van der Waals surface area contributed by atoms with Gasteiger partial charge in [-0.05, 0) is 44.3 Å². The fourth-order valence-electron chi connectivity index (χ4n) is 2.28. The molecule has 0 aliphatic heterocycles. The second-order valence-corrected chi connectivity index (χ2v) is 6.69. The van der Waals surface area contributed by atoms with Crippen molar-refractivity contribution in [1.82, 2.24) is 0 Å². The topological polar surface area (TPSA) is 46.5 Å². The molecule has 1 rings (SSSR count). The van der Waals surface area contributed by atoms with Gasteiger partial charge in [-0.15, -0.1) is 0 Å². The molecule has 4 heteroatoms. The van der Waals surface area contributed by atoms with E-state index in [1.54, 1.807) is 0 Å². The van der Waals surface area contributed by atoms with Crippen molar-refractivity contribution in [3.8, 4) is 0 Å². The summed E-state index contributed by atoms with van der Waals surface area (Å²) in [6.45, 7) is 6.66. The summed E-state index contributed by atoms with van der Waals surface area (Å²) < 4.78 is 5.04. The van der Waals surface area contributed by atoms with Crippen LogP contribution in [0.2, 0.25) is 0 Å². The third-order valence-electron chi connectivity index (χ3n) is 3.36. The van der Waals surface area contributed by atoms with Crippen molar-refractivity contribution in [2.24, 2.45) is 11.8 Å². The van der Waals surface area contributed by atoms with Gasteiger partial charge in [0.25, 0.3) is 0 Å². The van der Waals surface area contributed by atoms with Gasteiger partial charge in [0.1, 0.15) is 0 Å². The highest BCUT2D eigenvalue weighted by Gasteiger charge is 2.36. The van der Waals surface area contributed by atoms with Gasteiger partial charge in [0.2, 0.25) is 0 Å². The molecule has 0 saturated heterocycles. The van der Waals surface area contributed by atoms with E-state index in [1.807, 2.05) is 18.7 Å². The van der Waals surface area contributed by atoms with Gasteiger partial charge in [-0.2, -0.15) is 11.8 Å². The number of esters is 1. The van der Waals surface area contributed by atoms with E-state index < -0.39 is 5.60 Å². The Morgan fingerprint density at radius 1 is 1.44 bits per heavy atom. The zero-order chi connectivity index (χ0) is 13.6. The number of hydrogen-bond donors (Lipinski definition) is 1. The molecular weight excluding hydrogens is 248 g/mol. The standard InChI is InChI=1S/C14H26O3S/c1-4-17-13(15)12-5-7-14(16,8-6-12)10-18-9-11(2)3/h11-12,16H,4-10H2,1-3H3. The van der Waals surface area contributed by atoms with E-state index in [2.05, 4.69) is 13.8 Å². The molecule has 0 atom stereocenters. The number of ether oxygens (including phenoxy) is 1. The monoisotopic (exact) mass is 274 g/mol. The molecule has 0 heterocycles. The molecule has 0 spiro atoms. The van der Waals surface area contributed by atoms with Crippen LogP contribution in [-0.2, 0) is 9.53 Å². The molecule has 1 saturated carbocycles. The summed E-state index contributed by atoms with van der Waals surface area (Å²) in [4.78, 5) is 11.6. The summed E-state index contributed by atoms with van der Waals surface area (Å²) in [6.07, 6.45) is 2.97. The molecule has 1 fully saturated rings. The molecule has 3 nitrogen and oxygen atoms in total. The predicted molar refractivity (Wildman–Crippen MR) is 75.7 cm³/mol. The Morgan fingerprint density at radius 2 is 2.06 bits per heavy atom. The maximum absolute atomic E-state index is 11.6. The van der Waals surface area contributed by atoms with Crippen LogP contribution in [0.25, 0.3) is 0 Å². The minimum absolute atomic E-state index is 0.000300. The van der Waals surface area contributed by atoms with Crippen LogP contribution in [0.4, 0.5) is 0 Å². The number of rotatable bonds is 6. The first-order valence-electron chi connectivity index (χ1n) is 6.93. The third kappa shape index (κ3) is 5.19. The van der Waals surface area contributed by atoms with E-state index in [0.717, 1.165) is 37.2 Å². The van der Waals surface area contributed by atoms with Gasteiger partial charge in [-0.25, -0.2) is 0 Å². The first kappa shape index (κ1) is 15.8. The second kappa shape index (κ2) is 7.39. The van der Waals surface area contributed by atoms with Crippen LogP contribution < -0.4 is 0 Å². The quantitative estimate of drug-likeness (QED) is 0.757. The van der Waals surface area contributed by atoms with Crippen LogP contribution in [0.3, 0.4) is 0 Å². The highest BCUT2D eigenvalue weighted by Crippen LogP contribution is 2.35. The van der Waals surface area contributed by atoms with E-state index >= 15 is 0 Å². The van der Waals surface area contributed by atoms with Gasteiger partial charge in [-0.3, -0.25) is 4.79 Å². The lowest BCUT2D eigenvalue weighted by atomic mass is 9.80. The lowest BCUT2D eigenvalue weighted by molar-refractivity contribution is -0.150. The average Bonchev–Trinajstić information content (AvgIpc) is 2.29. The summed E-state index contributed by atoms with van der Waals surface area (Å²) in [5.41, 5.74) is -0.567. The van der Waals surface area contributed by atoms with Gasteiger partial charge in [0, 0.05) is 5.75 Å². The lowest BCUT2D eigenvalue weighted by Crippen LogP contribution is -2.38. The van der Waals surface area contributed by atoms with Gasteiger partial charge < -0.3 is 9.84 Å². The van der Waals surface area contributed by atoms with Gasteiger partial charge >= 0.3 is 5.97 Å². The fourth-order valence-corrected chi connectivity index (χ4v) is 3.54. The van der Waals surface area contributed by atoms with Crippen molar-refractivity contribution >= 4 is 17.7 Å². The number of carbonyl (C=O) groups excluding carboxylic acids is 1. The molecule has 0 bridgehead atoms. The molecule has 106 valence electrons. The van der Waals surface area contributed by atoms with Gasteiger partial charge in [0.15, 0.2) is 0 Å². The molecule has 18 heavy (non-hydrogen) atoms. The molecule has 1 N–H and O–H groups in total. The minimum Gasteiger partial charge on any atom is -0.466 e. The highest BCUT2D eigenvalue weighted by molar-refractivity contribution is 7.99. The zero-order valence-corrected chi connectivity index (χ0v) is 12.6. The normalized spacial score (nSPS) is 28.4. The summed E-state index contributed by atoms with van der Waals surface area (Å²) in [6, 6.07) is 0. The van der Waals surface area contributed by atoms with Crippen molar-refractivity contribution in [2.45, 2.75) is 52.1 Å². The van der Waals surface area contributed by atoms with Crippen LogP contribution in [0.15, 0.2) is 0 Å². The minimum atomic E-state index is -0.567. The van der Waals surface area contributed by atoms with Crippen molar-refractivity contribution in [3.05, 3.63) is 0 Å².